The lowest BCUT2D eigenvalue weighted by molar-refractivity contribution is 1.15. The van der Waals surface area contributed by atoms with E-state index in [4.69, 9.17) is 11.6 Å². The van der Waals surface area contributed by atoms with Crippen molar-refractivity contribution in [2.24, 2.45) is 0 Å². The van der Waals surface area contributed by atoms with Crippen LogP contribution in [0.5, 0.6) is 0 Å². The highest BCUT2D eigenvalue weighted by Gasteiger charge is 2.07. The van der Waals surface area contributed by atoms with Crippen LogP contribution < -0.4 is 5.32 Å². The zero-order valence-corrected chi connectivity index (χ0v) is 12.6. The second kappa shape index (κ2) is 4.94. The highest BCUT2D eigenvalue weighted by atomic mass is 127. The predicted molar refractivity (Wildman–Crippen MR) is 82.7 cm³/mol. The highest BCUT2D eigenvalue weighted by molar-refractivity contribution is 14.1. The molecule has 0 unspecified atom stereocenters. The van der Waals surface area contributed by atoms with Crippen molar-refractivity contribution in [1.29, 1.82) is 0 Å². The average molecular weight is 389 g/mol. The number of anilines is 2. The second-order valence-corrected chi connectivity index (χ2v) is 6.10. The maximum absolute atomic E-state index is 5.95. The first-order chi connectivity index (χ1) is 8.72. The van der Waals surface area contributed by atoms with Gasteiger partial charge >= 0.3 is 0 Å². The van der Waals surface area contributed by atoms with Crippen LogP contribution in [0.25, 0.3) is 10.2 Å². The molecule has 0 aliphatic rings. The van der Waals surface area contributed by atoms with E-state index >= 15 is 0 Å². The van der Waals surface area contributed by atoms with E-state index in [1.165, 1.54) is 6.33 Å². The Labute approximate surface area is 126 Å². The Morgan fingerprint density at radius 3 is 3.06 bits per heavy atom. The Bertz CT molecular complexity index is 715. The summed E-state index contributed by atoms with van der Waals surface area (Å²) in [7, 11) is 0. The van der Waals surface area contributed by atoms with Gasteiger partial charge in [0.15, 0.2) is 5.13 Å². The van der Waals surface area contributed by atoms with Gasteiger partial charge in [-0.25, -0.2) is 15.0 Å². The molecule has 2 aromatic heterocycles. The van der Waals surface area contributed by atoms with E-state index in [2.05, 4.69) is 42.9 Å². The number of benzene rings is 1. The summed E-state index contributed by atoms with van der Waals surface area (Å²) in [6.45, 7) is 0. The van der Waals surface area contributed by atoms with Crippen LogP contribution in [0.15, 0.2) is 30.7 Å². The lowest BCUT2D eigenvalue weighted by atomic mass is 10.3. The quantitative estimate of drug-likeness (QED) is 0.672. The molecule has 0 amide bonds. The molecule has 18 heavy (non-hydrogen) atoms. The number of nitrogens with one attached hydrogen (secondary N) is 1. The first-order valence-electron chi connectivity index (χ1n) is 5.01. The first-order valence-corrected chi connectivity index (χ1v) is 7.28. The lowest BCUT2D eigenvalue weighted by Gasteiger charge is -2.01. The van der Waals surface area contributed by atoms with Crippen molar-refractivity contribution < 1.29 is 0 Å². The third-order valence-electron chi connectivity index (χ3n) is 2.24. The topological polar surface area (TPSA) is 50.7 Å². The molecule has 0 radical (unpaired) electrons. The number of aromatic nitrogens is 3. The van der Waals surface area contributed by atoms with Crippen molar-refractivity contribution in [2.45, 2.75) is 0 Å². The molecule has 0 atom stereocenters. The minimum Gasteiger partial charge on any atom is -0.315 e. The molecule has 0 spiro atoms. The number of nitrogens with zero attached hydrogens (tertiary/aromatic N) is 3. The molecule has 4 nitrogen and oxygen atoms in total. The van der Waals surface area contributed by atoms with Crippen molar-refractivity contribution in [3.8, 4) is 0 Å². The van der Waals surface area contributed by atoms with Gasteiger partial charge in [0.2, 0.25) is 0 Å². The van der Waals surface area contributed by atoms with Gasteiger partial charge in [0.25, 0.3) is 0 Å². The summed E-state index contributed by atoms with van der Waals surface area (Å²) < 4.78 is 2.00. The van der Waals surface area contributed by atoms with Crippen molar-refractivity contribution in [2.75, 3.05) is 5.32 Å². The number of hydrogen-bond acceptors (Lipinski definition) is 5. The van der Waals surface area contributed by atoms with E-state index < -0.39 is 0 Å². The van der Waals surface area contributed by atoms with Crippen LogP contribution in [0.2, 0.25) is 5.02 Å². The minimum absolute atomic E-state index is 0.717. The summed E-state index contributed by atoms with van der Waals surface area (Å²) in [4.78, 5) is 12.6. The molecule has 0 saturated carbocycles. The van der Waals surface area contributed by atoms with Crippen LogP contribution in [0.1, 0.15) is 0 Å². The summed E-state index contributed by atoms with van der Waals surface area (Å²) in [6, 6.07) is 5.65. The smallest absolute Gasteiger partial charge is 0.189 e. The maximum atomic E-state index is 5.95. The zero-order chi connectivity index (χ0) is 12.5. The fourth-order valence-corrected chi connectivity index (χ4v) is 3.03. The van der Waals surface area contributed by atoms with Gasteiger partial charge in [-0.2, -0.15) is 0 Å². The number of fused-ring (bicyclic) bond motifs is 1. The molecule has 1 N–H and O–H groups in total. The normalized spacial score (nSPS) is 10.8. The Morgan fingerprint density at radius 2 is 2.22 bits per heavy atom. The van der Waals surface area contributed by atoms with Crippen molar-refractivity contribution in [3.05, 3.63) is 39.3 Å². The van der Waals surface area contributed by atoms with Crippen LogP contribution in [-0.2, 0) is 0 Å². The van der Waals surface area contributed by atoms with Gasteiger partial charge < -0.3 is 5.32 Å². The van der Waals surface area contributed by atoms with Crippen LogP contribution in [-0.4, -0.2) is 15.0 Å². The van der Waals surface area contributed by atoms with Crippen molar-refractivity contribution in [1.82, 2.24) is 15.0 Å². The molecular formula is C11H6ClIN4S. The molecule has 2 heterocycles. The van der Waals surface area contributed by atoms with Crippen LogP contribution in [0, 0.1) is 3.57 Å². The van der Waals surface area contributed by atoms with E-state index in [0.717, 1.165) is 24.7 Å². The minimum atomic E-state index is 0.717. The molecule has 7 heteroatoms. The summed E-state index contributed by atoms with van der Waals surface area (Å²) in [5, 5.41) is 4.70. The summed E-state index contributed by atoms with van der Waals surface area (Å²) in [6.07, 6.45) is 3.26. The van der Waals surface area contributed by atoms with Gasteiger partial charge in [-0.15, -0.1) is 0 Å². The third-order valence-corrected chi connectivity index (χ3v) is 4.20. The molecule has 0 aliphatic carbocycles. The highest BCUT2D eigenvalue weighted by Crippen LogP contribution is 2.30. The maximum Gasteiger partial charge on any atom is 0.189 e. The summed E-state index contributed by atoms with van der Waals surface area (Å²) >= 11 is 9.67. The third kappa shape index (κ3) is 2.40. The Morgan fingerprint density at radius 1 is 1.33 bits per heavy atom. The summed E-state index contributed by atoms with van der Waals surface area (Å²) in [5.74, 6) is 0.760. The fraction of sp³-hybridized carbons (Fsp3) is 0. The Hall–Kier alpha value is -0.990. The average Bonchev–Trinajstić information content (AvgIpc) is 2.73. The van der Waals surface area contributed by atoms with Gasteiger partial charge in [0, 0.05) is 11.2 Å². The van der Waals surface area contributed by atoms with E-state index in [1.807, 2.05) is 18.2 Å². The van der Waals surface area contributed by atoms with Crippen LogP contribution >= 0.6 is 45.5 Å². The standard InChI is InChI=1S/C11H6ClIN4S/c12-6-1-2-8-9(3-6)18-11(16-8)17-10-7(13)4-14-5-15-10/h1-5H,(H,14,15,16,17). The molecule has 0 bridgehead atoms. The van der Waals surface area contributed by atoms with E-state index in [-0.39, 0.29) is 0 Å². The van der Waals surface area contributed by atoms with Gasteiger partial charge in [0.1, 0.15) is 12.1 Å². The summed E-state index contributed by atoms with van der Waals surface area (Å²) in [5.41, 5.74) is 0.927. The van der Waals surface area contributed by atoms with Gasteiger partial charge in [-0.05, 0) is 40.8 Å². The van der Waals surface area contributed by atoms with Crippen molar-refractivity contribution in [3.63, 3.8) is 0 Å². The van der Waals surface area contributed by atoms with Gasteiger partial charge in [0.05, 0.1) is 13.8 Å². The van der Waals surface area contributed by atoms with Crippen LogP contribution in [0.3, 0.4) is 0 Å². The Balaban J connectivity index is 1.98. The van der Waals surface area contributed by atoms with Crippen LogP contribution in [0.4, 0.5) is 10.9 Å². The SMILES string of the molecule is Clc1ccc2nc(Nc3ncncc3I)sc2c1. The fourth-order valence-electron chi connectivity index (χ4n) is 1.46. The van der Waals surface area contributed by atoms with Gasteiger partial charge in [-0.3, -0.25) is 0 Å². The van der Waals surface area contributed by atoms with Crippen molar-refractivity contribution >= 4 is 66.7 Å². The molecule has 0 saturated heterocycles. The lowest BCUT2D eigenvalue weighted by Crippen LogP contribution is -1.95. The number of rotatable bonds is 2. The first kappa shape index (κ1) is 12.1. The zero-order valence-electron chi connectivity index (χ0n) is 8.89. The monoisotopic (exact) mass is 388 g/mol. The number of hydrogen-bond donors (Lipinski definition) is 1. The molecule has 1 aromatic carbocycles. The second-order valence-electron chi connectivity index (χ2n) is 3.48. The van der Waals surface area contributed by atoms with E-state index in [9.17, 15) is 0 Å². The van der Waals surface area contributed by atoms with E-state index in [1.54, 1.807) is 17.5 Å². The largest absolute Gasteiger partial charge is 0.315 e. The molecule has 3 rings (SSSR count). The molecule has 3 aromatic rings. The molecular weight excluding hydrogens is 383 g/mol. The molecule has 0 aliphatic heterocycles. The number of thiazole rings is 1. The predicted octanol–water partition coefficient (Wildman–Crippen LogP) is 4.09. The number of halogens is 2. The molecule has 90 valence electrons. The Kier molecular flexibility index (Phi) is 3.31. The van der Waals surface area contributed by atoms with Gasteiger partial charge in [-0.1, -0.05) is 22.9 Å². The molecule has 0 fully saturated rings. The van der Waals surface area contributed by atoms with E-state index in [0.29, 0.717) is 5.02 Å².